The Bertz CT molecular complexity index is 387. The molecular formula is C12H16N2O2. The topological polar surface area (TPSA) is 52.1 Å². The Morgan fingerprint density at radius 1 is 1.50 bits per heavy atom. The number of nitrogens with zero attached hydrogens (tertiary/aromatic N) is 2. The molecule has 0 aromatic carbocycles. The number of ether oxygens (including phenoxy) is 1. The van der Waals surface area contributed by atoms with Crippen LogP contribution in [0.3, 0.4) is 0 Å². The summed E-state index contributed by atoms with van der Waals surface area (Å²) in [5.41, 5.74) is 0.752. The fourth-order valence-electron chi connectivity index (χ4n) is 1.51. The predicted octanol–water partition coefficient (Wildman–Crippen LogP) is 1.88. The second-order valence-electron chi connectivity index (χ2n) is 4.37. The molecule has 0 amide bonds. The average molecular weight is 220 g/mol. The SMILES string of the molecule is CC(C)Oc1cc(CC=O)nc(C2CC2)n1. The van der Waals surface area contributed by atoms with Crippen LogP contribution in [0.25, 0.3) is 0 Å². The normalized spacial score (nSPS) is 15.2. The third-order valence-electron chi connectivity index (χ3n) is 2.36. The van der Waals surface area contributed by atoms with Crippen molar-refractivity contribution in [1.82, 2.24) is 9.97 Å². The summed E-state index contributed by atoms with van der Waals surface area (Å²) in [6.07, 6.45) is 3.57. The average Bonchev–Trinajstić information content (AvgIpc) is 2.99. The second kappa shape index (κ2) is 4.60. The Balaban J connectivity index is 2.24. The Hall–Kier alpha value is -1.45. The summed E-state index contributed by atoms with van der Waals surface area (Å²) in [5, 5.41) is 0. The van der Waals surface area contributed by atoms with E-state index in [-0.39, 0.29) is 6.10 Å². The minimum Gasteiger partial charge on any atom is -0.475 e. The van der Waals surface area contributed by atoms with E-state index in [1.165, 1.54) is 0 Å². The highest BCUT2D eigenvalue weighted by Crippen LogP contribution is 2.38. The van der Waals surface area contributed by atoms with Gasteiger partial charge in [0.2, 0.25) is 5.88 Å². The maximum Gasteiger partial charge on any atom is 0.217 e. The maximum absolute atomic E-state index is 10.5. The first-order chi connectivity index (χ1) is 7.69. The fourth-order valence-corrected chi connectivity index (χ4v) is 1.51. The molecule has 1 heterocycles. The van der Waals surface area contributed by atoms with Crippen LogP contribution in [0, 0.1) is 0 Å². The Labute approximate surface area is 95.1 Å². The first-order valence-corrected chi connectivity index (χ1v) is 5.67. The van der Waals surface area contributed by atoms with Crippen LogP contribution in [0.1, 0.15) is 44.1 Å². The van der Waals surface area contributed by atoms with Crippen molar-refractivity contribution in [2.24, 2.45) is 0 Å². The van der Waals surface area contributed by atoms with Gasteiger partial charge in [0, 0.05) is 18.4 Å². The third kappa shape index (κ3) is 2.78. The Kier molecular flexibility index (Phi) is 3.17. The van der Waals surface area contributed by atoms with Crippen molar-refractivity contribution >= 4 is 6.29 Å². The summed E-state index contributed by atoms with van der Waals surface area (Å²) in [4.78, 5) is 19.2. The molecule has 1 saturated carbocycles. The number of hydrogen-bond donors (Lipinski definition) is 0. The largest absolute Gasteiger partial charge is 0.475 e. The minimum atomic E-state index is 0.0889. The number of carbonyl (C=O) groups excluding carboxylic acids is 1. The predicted molar refractivity (Wildman–Crippen MR) is 59.5 cm³/mol. The van der Waals surface area contributed by atoms with Crippen LogP contribution in [-0.4, -0.2) is 22.4 Å². The number of rotatable bonds is 5. The first-order valence-electron chi connectivity index (χ1n) is 5.67. The zero-order valence-corrected chi connectivity index (χ0v) is 9.64. The lowest BCUT2D eigenvalue weighted by Gasteiger charge is -2.10. The molecule has 1 aromatic heterocycles. The molecule has 0 atom stereocenters. The van der Waals surface area contributed by atoms with Crippen molar-refractivity contribution in [1.29, 1.82) is 0 Å². The smallest absolute Gasteiger partial charge is 0.217 e. The van der Waals surface area contributed by atoms with Crippen LogP contribution in [0.2, 0.25) is 0 Å². The van der Waals surface area contributed by atoms with Crippen LogP contribution < -0.4 is 4.74 Å². The van der Waals surface area contributed by atoms with E-state index in [0.717, 1.165) is 30.6 Å². The van der Waals surface area contributed by atoms with Crippen LogP contribution in [0.4, 0.5) is 0 Å². The van der Waals surface area contributed by atoms with E-state index in [1.807, 2.05) is 13.8 Å². The fraction of sp³-hybridized carbons (Fsp3) is 0.583. The van der Waals surface area contributed by atoms with Gasteiger partial charge in [0.05, 0.1) is 11.8 Å². The van der Waals surface area contributed by atoms with Crippen molar-refractivity contribution < 1.29 is 9.53 Å². The number of aromatic nitrogens is 2. The van der Waals surface area contributed by atoms with Crippen LogP contribution in [-0.2, 0) is 11.2 Å². The van der Waals surface area contributed by atoms with Crippen molar-refractivity contribution in [2.75, 3.05) is 0 Å². The van der Waals surface area contributed by atoms with Gasteiger partial charge in [-0.05, 0) is 26.7 Å². The van der Waals surface area contributed by atoms with Crippen LogP contribution in [0.5, 0.6) is 5.88 Å². The van der Waals surface area contributed by atoms with Gasteiger partial charge >= 0.3 is 0 Å². The van der Waals surface area contributed by atoms with E-state index in [1.54, 1.807) is 6.07 Å². The molecule has 1 fully saturated rings. The van der Waals surface area contributed by atoms with Crippen molar-refractivity contribution in [3.63, 3.8) is 0 Å². The maximum atomic E-state index is 10.5. The summed E-state index contributed by atoms with van der Waals surface area (Å²) in [7, 11) is 0. The molecule has 4 heteroatoms. The van der Waals surface area contributed by atoms with E-state index in [2.05, 4.69) is 9.97 Å². The Morgan fingerprint density at radius 2 is 2.25 bits per heavy atom. The third-order valence-corrected chi connectivity index (χ3v) is 2.36. The summed E-state index contributed by atoms with van der Waals surface area (Å²) < 4.78 is 5.55. The van der Waals surface area contributed by atoms with E-state index >= 15 is 0 Å². The molecule has 1 aromatic rings. The van der Waals surface area contributed by atoms with Crippen LogP contribution in [0.15, 0.2) is 6.07 Å². The molecule has 0 bridgehead atoms. The summed E-state index contributed by atoms with van der Waals surface area (Å²) in [5.74, 6) is 1.89. The van der Waals surface area contributed by atoms with Gasteiger partial charge in [-0.25, -0.2) is 4.98 Å². The quantitative estimate of drug-likeness (QED) is 0.711. The number of carbonyl (C=O) groups is 1. The molecular weight excluding hydrogens is 204 g/mol. The minimum absolute atomic E-state index is 0.0889. The monoisotopic (exact) mass is 220 g/mol. The van der Waals surface area contributed by atoms with Crippen molar-refractivity contribution in [3.05, 3.63) is 17.6 Å². The summed E-state index contributed by atoms with van der Waals surface area (Å²) in [6, 6.07) is 1.75. The van der Waals surface area contributed by atoms with Gasteiger partial charge in [-0.2, -0.15) is 4.98 Å². The molecule has 16 heavy (non-hydrogen) atoms. The molecule has 0 N–H and O–H groups in total. The zero-order chi connectivity index (χ0) is 11.5. The second-order valence-corrected chi connectivity index (χ2v) is 4.37. The number of hydrogen-bond acceptors (Lipinski definition) is 4. The lowest BCUT2D eigenvalue weighted by molar-refractivity contribution is -0.107. The molecule has 2 rings (SSSR count). The standard InChI is InChI=1S/C12H16N2O2/c1-8(2)16-11-7-10(5-6-15)13-12(14-11)9-3-4-9/h6-9H,3-5H2,1-2H3. The molecule has 0 spiro atoms. The highest BCUT2D eigenvalue weighted by atomic mass is 16.5. The van der Waals surface area contributed by atoms with E-state index in [9.17, 15) is 4.79 Å². The van der Waals surface area contributed by atoms with Crippen molar-refractivity contribution in [2.45, 2.75) is 45.1 Å². The Morgan fingerprint density at radius 3 is 2.81 bits per heavy atom. The summed E-state index contributed by atoms with van der Waals surface area (Å²) >= 11 is 0. The molecule has 1 aliphatic carbocycles. The van der Waals surface area contributed by atoms with Gasteiger partial charge in [0.15, 0.2) is 0 Å². The summed E-state index contributed by atoms with van der Waals surface area (Å²) in [6.45, 7) is 3.91. The van der Waals surface area contributed by atoms with Gasteiger partial charge in [-0.1, -0.05) is 0 Å². The highest BCUT2D eigenvalue weighted by Gasteiger charge is 2.27. The molecule has 0 unspecified atom stereocenters. The first kappa shape index (κ1) is 11.0. The van der Waals surface area contributed by atoms with E-state index < -0.39 is 0 Å². The molecule has 0 aliphatic heterocycles. The zero-order valence-electron chi connectivity index (χ0n) is 9.64. The van der Waals surface area contributed by atoms with E-state index in [4.69, 9.17) is 4.74 Å². The van der Waals surface area contributed by atoms with Gasteiger partial charge in [0.1, 0.15) is 12.1 Å². The van der Waals surface area contributed by atoms with Gasteiger partial charge in [-0.15, -0.1) is 0 Å². The molecule has 1 aliphatic rings. The van der Waals surface area contributed by atoms with Gasteiger partial charge < -0.3 is 9.53 Å². The van der Waals surface area contributed by atoms with Crippen LogP contribution >= 0.6 is 0 Å². The highest BCUT2D eigenvalue weighted by molar-refractivity contribution is 5.53. The molecule has 86 valence electrons. The van der Waals surface area contributed by atoms with Crippen molar-refractivity contribution in [3.8, 4) is 5.88 Å². The van der Waals surface area contributed by atoms with Gasteiger partial charge in [0.25, 0.3) is 0 Å². The molecule has 0 saturated heterocycles. The lowest BCUT2D eigenvalue weighted by Crippen LogP contribution is -2.09. The molecule has 0 radical (unpaired) electrons. The molecule has 4 nitrogen and oxygen atoms in total. The van der Waals surface area contributed by atoms with Gasteiger partial charge in [-0.3, -0.25) is 0 Å². The lowest BCUT2D eigenvalue weighted by atomic mass is 10.3. The number of aldehydes is 1. The van der Waals surface area contributed by atoms with E-state index in [0.29, 0.717) is 18.2 Å².